The van der Waals surface area contributed by atoms with E-state index in [1.54, 1.807) is 6.08 Å². The predicted molar refractivity (Wildman–Crippen MR) is 103 cm³/mol. The molecular weight excluding hydrogens is 326 g/mol. The lowest BCUT2D eigenvalue weighted by Crippen LogP contribution is -2.57. The number of para-hydroxylation sites is 1. The van der Waals surface area contributed by atoms with Crippen LogP contribution < -0.4 is 10.2 Å². The summed E-state index contributed by atoms with van der Waals surface area (Å²) in [5.41, 5.74) is 1.25. The van der Waals surface area contributed by atoms with E-state index >= 15 is 0 Å². The fourth-order valence-corrected chi connectivity index (χ4v) is 4.47. The zero-order valence-electron chi connectivity index (χ0n) is 15.1. The summed E-state index contributed by atoms with van der Waals surface area (Å²) in [6.07, 6.45) is 8.51. The first-order valence-electron chi connectivity index (χ1n) is 9.61. The molecule has 3 aliphatic rings. The van der Waals surface area contributed by atoms with Crippen molar-refractivity contribution >= 4 is 11.6 Å². The second kappa shape index (κ2) is 7.54. The van der Waals surface area contributed by atoms with Crippen LogP contribution in [0, 0.1) is 5.92 Å². The highest BCUT2D eigenvalue weighted by molar-refractivity contribution is 5.80. The van der Waals surface area contributed by atoms with Crippen LogP contribution in [-0.4, -0.2) is 54.2 Å². The third kappa shape index (κ3) is 3.63. The van der Waals surface area contributed by atoms with E-state index in [9.17, 15) is 9.90 Å². The Labute approximate surface area is 155 Å². The number of piperazine rings is 1. The minimum atomic E-state index is 0.106. The van der Waals surface area contributed by atoms with E-state index < -0.39 is 0 Å². The lowest BCUT2D eigenvalue weighted by Gasteiger charge is -2.46. The van der Waals surface area contributed by atoms with Crippen LogP contribution in [0.2, 0.25) is 0 Å². The normalized spacial score (nSPS) is 29.5. The van der Waals surface area contributed by atoms with Gasteiger partial charge in [-0.2, -0.15) is 0 Å². The number of carbonyl (C=O) groups is 1. The summed E-state index contributed by atoms with van der Waals surface area (Å²) in [6.45, 7) is 3.62. The highest BCUT2D eigenvalue weighted by atomic mass is 16.3. The zero-order chi connectivity index (χ0) is 17.9. The maximum atomic E-state index is 12.1. The molecule has 2 N–H and O–H groups in total. The monoisotopic (exact) mass is 353 g/mol. The van der Waals surface area contributed by atoms with Crippen molar-refractivity contribution < 1.29 is 9.90 Å². The minimum absolute atomic E-state index is 0.106. The predicted octanol–water partition coefficient (Wildman–Crippen LogP) is 2.47. The molecule has 2 aliphatic heterocycles. The molecule has 1 amide bonds. The van der Waals surface area contributed by atoms with E-state index in [1.165, 1.54) is 5.69 Å². The molecule has 26 heavy (non-hydrogen) atoms. The van der Waals surface area contributed by atoms with Crippen molar-refractivity contribution in [3.8, 4) is 0 Å². The second-order valence-electron chi connectivity index (χ2n) is 7.48. The van der Waals surface area contributed by atoms with Crippen LogP contribution in [0.4, 0.5) is 5.69 Å². The van der Waals surface area contributed by atoms with Crippen molar-refractivity contribution in [1.82, 2.24) is 10.2 Å². The molecule has 1 aromatic rings. The van der Waals surface area contributed by atoms with E-state index in [2.05, 4.69) is 39.4 Å². The topological polar surface area (TPSA) is 55.8 Å². The Bertz CT molecular complexity index is 700. The number of amides is 1. The average molecular weight is 353 g/mol. The summed E-state index contributed by atoms with van der Waals surface area (Å²) in [4.78, 5) is 17.0. The van der Waals surface area contributed by atoms with Crippen molar-refractivity contribution in [2.75, 3.05) is 31.1 Å². The first kappa shape index (κ1) is 17.2. The molecular formula is C21H27N3O2. The van der Waals surface area contributed by atoms with E-state index in [0.29, 0.717) is 11.8 Å². The summed E-state index contributed by atoms with van der Waals surface area (Å²) in [6, 6.07) is 11.0. The lowest BCUT2D eigenvalue weighted by atomic mass is 9.93. The van der Waals surface area contributed by atoms with E-state index in [-0.39, 0.29) is 17.9 Å². The molecule has 138 valence electrons. The molecule has 2 heterocycles. The molecule has 5 heteroatoms. The molecule has 0 radical (unpaired) electrons. The third-order valence-corrected chi connectivity index (χ3v) is 5.82. The van der Waals surface area contributed by atoms with Gasteiger partial charge in [0.05, 0.1) is 0 Å². The summed E-state index contributed by atoms with van der Waals surface area (Å²) < 4.78 is 0. The second-order valence-corrected chi connectivity index (χ2v) is 7.48. The van der Waals surface area contributed by atoms with Gasteiger partial charge in [-0.1, -0.05) is 24.3 Å². The van der Waals surface area contributed by atoms with E-state index in [4.69, 9.17) is 0 Å². The van der Waals surface area contributed by atoms with Crippen molar-refractivity contribution in [1.29, 1.82) is 0 Å². The Kier molecular flexibility index (Phi) is 4.98. The van der Waals surface area contributed by atoms with Gasteiger partial charge >= 0.3 is 0 Å². The van der Waals surface area contributed by atoms with Crippen molar-refractivity contribution in [3.05, 3.63) is 54.3 Å². The number of carbonyl (C=O) groups excluding carboxylic acids is 1. The van der Waals surface area contributed by atoms with Gasteiger partial charge in [0.15, 0.2) is 0 Å². The SMILES string of the molecule is O=C1NCCC1CC1CN(c2ccccc2)CCN1C1C=C(O)C=CC1. The van der Waals surface area contributed by atoms with Crippen LogP contribution in [0.15, 0.2) is 54.3 Å². The van der Waals surface area contributed by atoms with Crippen LogP contribution in [0.25, 0.3) is 0 Å². The number of benzene rings is 1. The number of aliphatic hydroxyl groups is 1. The number of anilines is 1. The average Bonchev–Trinajstić information content (AvgIpc) is 3.07. The van der Waals surface area contributed by atoms with Gasteiger partial charge in [-0.15, -0.1) is 0 Å². The number of hydrogen-bond donors (Lipinski definition) is 2. The van der Waals surface area contributed by atoms with Crippen LogP contribution in [0.1, 0.15) is 19.3 Å². The maximum Gasteiger partial charge on any atom is 0.223 e. The Balaban J connectivity index is 1.53. The first-order valence-corrected chi connectivity index (χ1v) is 9.61. The highest BCUT2D eigenvalue weighted by Gasteiger charge is 2.36. The largest absolute Gasteiger partial charge is 0.508 e. The summed E-state index contributed by atoms with van der Waals surface area (Å²) >= 11 is 0. The van der Waals surface area contributed by atoms with Crippen LogP contribution >= 0.6 is 0 Å². The fraction of sp³-hybridized carbons (Fsp3) is 0.476. The van der Waals surface area contributed by atoms with Gasteiger partial charge in [-0.25, -0.2) is 0 Å². The Hall–Kier alpha value is -2.27. The third-order valence-electron chi connectivity index (χ3n) is 5.82. The molecule has 2 fully saturated rings. The summed E-state index contributed by atoms with van der Waals surface area (Å²) in [5, 5.41) is 12.9. The number of rotatable bonds is 4. The number of nitrogens with zero attached hydrogens (tertiary/aromatic N) is 2. The van der Waals surface area contributed by atoms with E-state index in [0.717, 1.165) is 45.4 Å². The molecule has 0 bridgehead atoms. The van der Waals surface area contributed by atoms with Gasteiger partial charge in [0.25, 0.3) is 0 Å². The van der Waals surface area contributed by atoms with Gasteiger partial charge in [0, 0.05) is 49.9 Å². The highest BCUT2D eigenvalue weighted by Crippen LogP contribution is 2.28. The first-order chi connectivity index (χ1) is 12.7. The molecule has 2 saturated heterocycles. The van der Waals surface area contributed by atoms with Gasteiger partial charge in [0.1, 0.15) is 5.76 Å². The van der Waals surface area contributed by atoms with Gasteiger partial charge in [0.2, 0.25) is 5.91 Å². The smallest absolute Gasteiger partial charge is 0.223 e. The number of nitrogens with one attached hydrogen (secondary N) is 1. The quantitative estimate of drug-likeness (QED) is 0.873. The fourth-order valence-electron chi connectivity index (χ4n) is 4.47. The molecule has 5 nitrogen and oxygen atoms in total. The number of hydrogen-bond acceptors (Lipinski definition) is 4. The van der Waals surface area contributed by atoms with Crippen molar-refractivity contribution in [2.24, 2.45) is 5.92 Å². The Morgan fingerprint density at radius 2 is 2.04 bits per heavy atom. The summed E-state index contributed by atoms with van der Waals surface area (Å²) in [7, 11) is 0. The molecule has 3 atom stereocenters. The molecule has 0 saturated carbocycles. The molecule has 4 rings (SSSR count). The molecule has 1 aliphatic carbocycles. The van der Waals surface area contributed by atoms with E-state index in [1.807, 2.05) is 18.2 Å². The maximum absolute atomic E-state index is 12.1. The van der Waals surface area contributed by atoms with Gasteiger partial charge in [-0.05, 0) is 43.5 Å². The van der Waals surface area contributed by atoms with Gasteiger partial charge in [-0.3, -0.25) is 9.69 Å². The number of allylic oxidation sites excluding steroid dienone is 1. The van der Waals surface area contributed by atoms with Crippen LogP contribution in [-0.2, 0) is 4.79 Å². The minimum Gasteiger partial charge on any atom is -0.508 e. The molecule has 0 spiro atoms. The Morgan fingerprint density at radius 1 is 1.19 bits per heavy atom. The van der Waals surface area contributed by atoms with Crippen LogP contribution in [0.3, 0.4) is 0 Å². The summed E-state index contributed by atoms with van der Waals surface area (Å²) in [5.74, 6) is 0.655. The Morgan fingerprint density at radius 3 is 2.77 bits per heavy atom. The molecule has 0 aromatic heterocycles. The number of aliphatic hydroxyl groups excluding tert-OH is 1. The molecule has 3 unspecified atom stereocenters. The van der Waals surface area contributed by atoms with Crippen LogP contribution in [0.5, 0.6) is 0 Å². The zero-order valence-corrected chi connectivity index (χ0v) is 15.1. The standard InChI is InChI=1S/C21H27N3O2/c25-20-8-4-7-18(14-20)24-12-11-23(17-5-2-1-3-6-17)15-19(24)13-16-9-10-22-21(16)26/h1-6,8,14,16,18-19,25H,7,9-13,15H2,(H,22,26). The molecule has 1 aromatic carbocycles. The van der Waals surface area contributed by atoms with Crippen molar-refractivity contribution in [3.63, 3.8) is 0 Å². The van der Waals surface area contributed by atoms with Gasteiger partial charge < -0.3 is 15.3 Å². The van der Waals surface area contributed by atoms with Crippen molar-refractivity contribution in [2.45, 2.75) is 31.3 Å². The lowest BCUT2D eigenvalue weighted by molar-refractivity contribution is -0.123.